The van der Waals surface area contributed by atoms with Gasteiger partial charge in [-0.05, 0) is 32.0 Å². The van der Waals surface area contributed by atoms with E-state index >= 15 is 0 Å². The second kappa shape index (κ2) is 8.26. The van der Waals surface area contributed by atoms with Gasteiger partial charge < -0.3 is 14.2 Å². The van der Waals surface area contributed by atoms with Crippen LogP contribution in [0.3, 0.4) is 0 Å². The molecular formula is C19H20O5. The van der Waals surface area contributed by atoms with Gasteiger partial charge in [-0.25, -0.2) is 4.79 Å². The average molecular weight is 328 g/mol. The molecule has 126 valence electrons. The van der Waals surface area contributed by atoms with Crippen LogP contribution in [-0.4, -0.2) is 25.3 Å². The van der Waals surface area contributed by atoms with Crippen molar-refractivity contribution in [3.05, 3.63) is 65.7 Å². The second-order valence-electron chi connectivity index (χ2n) is 5.26. The van der Waals surface area contributed by atoms with Gasteiger partial charge >= 0.3 is 11.9 Å². The lowest BCUT2D eigenvalue weighted by molar-refractivity contribution is -0.171. The average Bonchev–Trinajstić information content (AvgIpc) is 2.62. The monoisotopic (exact) mass is 328 g/mol. The highest BCUT2D eigenvalue weighted by atomic mass is 16.7. The van der Waals surface area contributed by atoms with Crippen LogP contribution in [0.1, 0.15) is 35.7 Å². The highest BCUT2D eigenvalue weighted by Crippen LogP contribution is 2.28. The van der Waals surface area contributed by atoms with E-state index in [0.29, 0.717) is 16.9 Å². The number of carbonyl (C=O) groups excluding carboxylic acids is 2. The highest BCUT2D eigenvalue weighted by Gasteiger charge is 2.23. The summed E-state index contributed by atoms with van der Waals surface area (Å²) < 4.78 is 15.5. The van der Waals surface area contributed by atoms with E-state index in [4.69, 9.17) is 14.2 Å². The third-order valence-corrected chi connectivity index (χ3v) is 3.57. The summed E-state index contributed by atoms with van der Waals surface area (Å²) in [6, 6.07) is 15.6. The van der Waals surface area contributed by atoms with Gasteiger partial charge in [0.25, 0.3) is 0 Å². The number of para-hydroxylation sites is 1. The lowest BCUT2D eigenvalue weighted by atomic mass is 10.0. The summed E-state index contributed by atoms with van der Waals surface area (Å²) in [5.74, 6) is -1.19. The molecule has 0 aromatic heterocycles. The maximum atomic E-state index is 12.2. The molecule has 0 aliphatic carbocycles. The van der Waals surface area contributed by atoms with Crippen molar-refractivity contribution in [2.45, 2.75) is 26.1 Å². The molecule has 0 radical (unpaired) electrons. The summed E-state index contributed by atoms with van der Waals surface area (Å²) in [5.41, 5.74) is 1.02. The molecule has 0 saturated heterocycles. The zero-order valence-electron chi connectivity index (χ0n) is 13.9. The van der Waals surface area contributed by atoms with Crippen molar-refractivity contribution in [3.63, 3.8) is 0 Å². The first-order valence-corrected chi connectivity index (χ1v) is 7.62. The SMILES string of the molecule is COC(C)OC(=O)C(C)c1ccccc1OC(=O)c1ccccc1. The fourth-order valence-electron chi connectivity index (χ4n) is 2.10. The van der Waals surface area contributed by atoms with Gasteiger partial charge in [-0.2, -0.15) is 0 Å². The molecule has 5 nitrogen and oxygen atoms in total. The number of methoxy groups -OCH3 is 1. The maximum Gasteiger partial charge on any atom is 0.343 e. The van der Waals surface area contributed by atoms with Crippen LogP contribution in [0.5, 0.6) is 5.75 Å². The van der Waals surface area contributed by atoms with E-state index in [1.165, 1.54) is 7.11 Å². The minimum absolute atomic E-state index is 0.334. The van der Waals surface area contributed by atoms with Gasteiger partial charge in [0.1, 0.15) is 5.75 Å². The van der Waals surface area contributed by atoms with Crippen LogP contribution >= 0.6 is 0 Å². The van der Waals surface area contributed by atoms with Crippen LogP contribution < -0.4 is 4.74 Å². The Hall–Kier alpha value is -2.66. The Kier molecular flexibility index (Phi) is 6.09. The molecule has 0 fully saturated rings. The molecule has 24 heavy (non-hydrogen) atoms. The molecule has 0 spiro atoms. The van der Waals surface area contributed by atoms with Crippen molar-refractivity contribution < 1.29 is 23.8 Å². The number of ether oxygens (including phenoxy) is 3. The lowest BCUT2D eigenvalue weighted by Crippen LogP contribution is -2.21. The highest BCUT2D eigenvalue weighted by molar-refractivity contribution is 5.91. The topological polar surface area (TPSA) is 61.8 Å². The van der Waals surface area contributed by atoms with E-state index in [-0.39, 0.29) is 0 Å². The van der Waals surface area contributed by atoms with E-state index in [0.717, 1.165) is 0 Å². The van der Waals surface area contributed by atoms with Gasteiger partial charge in [0.15, 0.2) is 6.29 Å². The van der Waals surface area contributed by atoms with Gasteiger partial charge in [-0.1, -0.05) is 36.4 Å². The Morgan fingerprint density at radius 2 is 1.54 bits per heavy atom. The second-order valence-corrected chi connectivity index (χ2v) is 5.26. The Balaban J connectivity index is 2.18. The summed E-state index contributed by atoms with van der Waals surface area (Å²) in [6.07, 6.45) is -0.640. The van der Waals surface area contributed by atoms with Crippen molar-refractivity contribution in [1.29, 1.82) is 0 Å². The summed E-state index contributed by atoms with van der Waals surface area (Å²) >= 11 is 0. The minimum Gasteiger partial charge on any atom is -0.436 e. The van der Waals surface area contributed by atoms with Crippen molar-refractivity contribution in [2.75, 3.05) is 7.11 Å². The molecule has 0 saturated carbocycles. The van der Waals surface area contributed by atoms with E-state index in [1.54, 1.807) is 62.4 Å². The number of hydrogen-bond acceptors (Lipinski definition) is 5. The summed E-state index contributed by atoms with van der Waals surface area (Å²) in [7, 11) is 1.46. The smallest absolute Gasteiger partial charge is 0.343 e. The molecule has 0 aliphatic heterocycles. The molecule has 0 aliphatic rings. The van der Waals surface area contributed by atoms with Crippen molar-refractivity contribution in [3.8, 4) is 5.75 Å². The van der Waals surface area contributed by atoms with Crippen molar-refractivity contribution in [1.82, 2.24) is 0 Å². The first kappa shape index (κ1) is 17.7. The number of rotatable bonds is 6. The molecule has 2 rings (SSSR count). The molecule has 5 heteroatoms. The minimum atomic E-state index is -0.640. The third kappa shape index (κ3) is 4.43. The molecule has 2 unspecified atom stereocenters. The van der Waals surface area contributed by atoms with E-state index < -0.39 is 24.1 Å². The number of hydrogen-bond donors (Lipinski definition) is 0. The molecule has 2 aromatic rings. The zero-order chi connectivity index (χ0) is 17.5. The fourth-order valence-corrected chi connectivity index (χ4v) is 2.10. The van der Waals surface area contributed by atoms with Gasteiger partial charge in [0.2, 0.25) is 0 Å². The fraction of sp³-hybridized carbons (Fsp3) is 0.263. The van der Waals surface area contributed by atoms with Crippen molar-refractivity contribution in [2.24, 2.45) is 0 Å². The predicted octanol–water partition coefficient (Wildman–Crippen LogP) is 3.54. The predicted molar refractivity (Wildman–Crippen MR) is 88.8 cm³/mol. The maximum absolute atomic E-state index is 12.2. The zero-order valence-corrected chi connectivity index (χ0v) is 13.9. The molecule has 0 amide bonds. The van der Waals surface area contributed by atoms with Crippen LogP contribution in [0, 0.1) is 0 Å². The number of esters is 2. The van der Waals surface area contributed by atoms with Crippen LogP contribution in [0.2, 0.25) is 0 Å². The first-order chi connectivity index (χ1) is 11.5. The van der Waals surface area contributed by atoms with E-state index in [9.17, 15) is 9.59 Å². The number of carbonyl (C=O) groups is 2. The Labute approximate surface area is 141 Å². The van der Waals surface area contributed by atoms with E-state index in [2.05, 4.69) is 0 Å². The van der Waals surface area contributed by atoms with Gasteiger partial charge in [-0.3, -0.25) is 4.79 Å². The van der Waals surface area contributed by atoms with Gasteiger partial charge in [-0.15, -0.1) is 0 Å². The van der Waals surface area contributed by atoms with Crippen LogP contribution in [0.25, 0.3) is 0 Å². The van der Waals surface area contributed by atoms with Gasteiger partial charge in [0.05, 0.1) is 11.5 Å². The standard InChI is InChI=1S/C19H20O5/c1-13(18(20)23-14(2)22-3)16-11-7-8-12-17(16)24-19(21)15-9-5-4-6-10-15/h4-14H,1-3H3. The molecule has 2 aromatic carbocycles. The van der Waals surface area contributed by atoms with Crippen LogP contribution in [0.4, 0.5) is 0 Å². The van der Waals surface area contributed by atoms with E-state index in [1.807, 2.05) is 6.07 Å². The van der Waals surface area contributed by atoms with Crippen LogP contribution in [-0.2, 0) is 14.3 Å². The summed E-state index contributed by atoms with van der Waals surface area (Å²) in [4.78, 5) is 24.4. The molecule has 0 bridgehead atoms. The quantitative estimate of drug-likeness (QED) is 0.461. The third-order valence-electron chi connectivity index (χ3n) is 3.57. The largest absolute Gasteiger partial charge is 0.436 e. The van der Waals surface area contributed by atoms with Gasteiger partial charge in [0, 0.05) is 12.7 Å². The number of benzene rings is 2. The summed E-state index contributed by atoms with van der Waals surface area (Å²) in [5, 5.41) is 0. The Bertz CT molecular complexity index is 696. The van der Waals surface area contributed by atoms with Crippen LogP contribution in [0.15, 0.2) is 54.6 Å². The summed E-state index contributed by atoms with van der Waals surface area (Å²) in [6.45, 7) is 3.33. The molecule has 0 heterocycles. The molecular weight excluding hydrogens is 308 g/mol. The molecule has 0 N–H and O–H groups in total. The normalized spacial score (nSPS) is 13.0. The lowest BCUT2D eigenvalue weighted by Gasteiger charge is -2.18. The first-order valence-electron chi connectivity index (χ1n) is 7.62. The Morgan fingerprint density at radius 3 is 2.21 bits per heavy atom. The molecule has 2 atom stereocenters. The van der Waals surface area contributed by atoms with Crippen molar-refractivity contribution >= 4 is 11.9 Å². The Morgan fingerprint density at radius 1 is 0.917 bits per heavy atom.